The molecule has 0 spiro atoms. The van der Waals surface area contributed by atoms with Gasteiger partial charge in [-0.15, -0.1) is 0 Å². The van der Waals surface area contributed by atoms with E-state index in [4.69, 9.17) is 32.7 Å². The van der Waals surface area contributed by atoms with E-state index in [9.17, 15) is 9.59 Å². The molecule has 0 radical (unpaired) electrons. The normalized spacial score (nSPS) is 12.5. The summed E-state index contributed by atoms with van der Waals surface area (Å²) < 4.78 is 11.4. The van der Waals surface area contributed by atoms with Gasteiger partial charge < -0.3 is 19.7 Å². The molecule has 2 aromatic carbocycles. The molecule has 0 saturated heterocycles. The van der Waals surface area contributed by atoms with Gasteiger partial charge in [-0.1, -0.05) is 49.2 Å². The van der Waals surface area contributed by atoms with Gasteiger partial charge in [0.15, 0.2) is 11.5 Å². The molecule has 2 unspecified atom stereocenters. The average molecular weight is 538 g/mol. The third kappa shape index (κ3) is 8.59. The van der Waals surface area contributed by atoms with Crippen molar-refractivity contribution in [3.8, 4) is 11.5 Å². The lowest BCUT2D eigenvalue weighted by molar-refractivity contribution is -0.141. The van der Waals surface area contributed by atoms with Gasteiger partial charge in [-0.25, -0.2) is 0 Å². The van der Waals surface area contributed by atoms with E-state index in [2.05, 4.69) is 5.32 Å². The van der Waals surface area contributed by atoms with Crippen molar-refractivity contribution >= 4 is 35.0 Å². The molecule has 2 amide bonds. The first-order valence-corrected chi connectivity index (χ1v) is 13.4. The zero-order valence-electron chi connectivity index (χ0n) is 21.9. The van der Waals surface area contributed by atoms with E-state index < -0.39 is 6.04 Å². The van der Waals surface area contributed by atoms with Gasteiger partial charge in [0.25, 0.3) is 0 Å². The second-order valence-corrected chi connectivity index (χ2v) is 9.49. The van der Waals surface area contributed by atoms with E-state index in [1.54, 1.807) is 23.1 Å². The number of rotatable bonds is 14. The van der Waals surface area contributed by atoms with Crippen molar-refractivity contribution < 1.29 is 19.1 Å². The first-order valence-electron chi connectivity index (χ1n) is 12.7. The maximum absolute atomic E-state index is 13.6. The predicted octanol–water partition coefficient (Wildman–Crippen LogP) is 6.45. The summed E-state index contributed by atoms with van der Waals surface area (Å²) in [4.78, 5) is 28.3. The topological polar surface area (TPSA) is 67.9 Å². The molecule has 36 heavy (non-hydrogen) atoms. The molecule has 0 aliphatic heterocycles. The van der Waals surface area contributed by atoms with Crippen molar-refractivity contribution in [1.29, 1.82) is 0 Å². The van der Waals surface area contributed by atoms with Gasteiger partial charge in [0.05, 0.1) is 13.2 Å². The quantitative estimate of drug-likeness (QED) is 0.301. The number of ether oxygens (including phenoxy) is 2. The van der Waals surface area contributed by atoms with Crippen molar-refractivity contribution in [2.24, 2.45) is 0 Å². The number of carbonyl (C=O) groups excluding carboxylic acids is 2. The number of carbonyl (C=O) groups is 2. The van der Waals surface area contributed by atoms with Crippen LogP contribution in [0.5, 0.6) is 11.5 Å². The second kappa shape index (κ2) is 15.0. The van der Waals surface area contributed by atoms with E-state index in [0.717, 1.165) is 17.5 Å². The lowest BCUT2D eigenvalue weighted by atomic mass is 10.0. The average Bonchev–Trinajstić information content (AvgIpc) is 2.85. The summed E-state index contributed by atoms with van der Waals surface area (Å²) in [6, 6.07) is 10.3. The highest BCUT2D eigenvalue weighted by Crippen LogP contribution is 2.29. The fourth-order valence-electron chi connectivity index (χ4n) is 3.84. The van der Waals surface area contributed by atoms with E-state index in [1.165, 1.54) is 0 Å². The van der Waals surface area contributed by atoms with Crippen molar-refractivity contribution in [2.45, 2.75) is 78.9 Å². The Bertz CT molecular complexity index is 1020. The highest BCUT2D eigenvalue weighted by molar-refractivity contribution is 6.35. The molecule has 0 saturated carbocycles. The Morgan fingerprint density at radius 2 is 1.64 bits per heavy atom. The molecule has 0 bridgehead atoms. The Morgan fingerprint density at radius 3 is 2.25 bits per heavy atom. The number of aryl methyl sites for hydroxylation is 1. The number of nitrogens with zero attached hydrogens (tertiary/aromatic N) is 1. The summed E-state index contributed by atoms with van der Waals surface area (Å²) in [5.41, 5.74) is 1.70. The standard InChI is InChI=1S/C28H38Cl2N2O4/c1-6-19(5)31-28(34)24(7-2)32(18-21-12-13-22(29)17-23(21)30)27(33)15-11-20-10-14-25(35-8-3)26(16-20)36-9-4/h10,12-14,16-17,19,24H,6-9,11,15,18H2,1-5H3,(H,31,34). The number of amides is 2. The summed E-state index contributed by atoms with van der Waals surface area (Å²) >= 11 is 12.5. The summed E-state index contributed by atoms with van der Waals surface area (Å²) in [5, 5.41) is 4.00. The number of benzene rings is 2. The van der Waals surface area contributed by atoms with Crippen molar-refractivity contribution in [1.82, 2.24) is 10.2 Å². The largest absolute Gasteiger partial charge is 0.490 e. The Labute approximate surface area is 225 Å². The lowest BCUT2D eigenvalue weighted by Gasteiger charge is -2.32. The Kier molecular flexibility index (Phi) is 12.4. The van der Waals surface area contributed by atoms with Crippen LogP contribution in [0.2, 0.25) is 10.0 Å². The first kappa shape index (κ1) is 29.8. The van der Waals surface area contributed by atoms with E-state index >= 15 is 0 Å². The SMILES string of the molecule is CCOc1ccc(CCC(=O)N(Cc2ccc(Cl)cc2Cl)C(CC)C(=O)NC(C)CC)cc1OCC. The highest BCUT2D eigenvalue weighted by atomic mass is 35.5. The van der Waals surface area contributed by atoms with Crippen LogP contribution in [0.25, 0.3) is 0 Å². The predicted molar refractivity (Wildman–Crippen MR) is 146 cm³/mol. The smallest absolute Gasteiger partial charge is 0.243 e. The van der Waals surface area contributed by atoms with Crippen LogP contribution < -0.4 is 14.8 Å². The third-order valence-electron chi connectivity index (χ3n) is 5.98. The zero-order chi connectivity index (χ0) is 26.7. The minimum atomic E-state index is -0.613. The fraction of sp³-hybridized carbons (Fsp3) is 0.500. The van der Waals surface area contributed by atoms with Crippen LogP contribution in [0.1, 0.15) is 65.0 Å². The van der Waals surface area contributed by atoms with Crippen LogP contribution in [-0.4, -0.2) is 42.0 Å². The monoisotopic (exact) mass is 536 g/mol. The van der Waals surface area contributed by atoms with Crippen LogP contribution in [0.3, 0.4) is 0 Å². The van der Waals surface area contributed by atoms with E-state index in [1.807, 2.05) is 52.8 Å². The minimum absolute atomic E-state index is 0.0171. The maximum Gasteiger partial charge on any atom is 0.243 e. The molecule has 198 valence electrons. The second-order valence-electron chi connectivity index (χ2n) is 8.65. The number of nitrogens with one attached hydrogen (secondary N) is 1. The van der Waals surface area contributed by atoms with E-state index in [-0.39, 0.29) is 30.8 Å². The molecule has 0 aromatic heterocycles. The fourth-order valence-corrected chi connectivity index (χ4v) is 4.31. The van der Waals surface area contributed by atoms with Gasteiger partial charge in [0, 0.05) is 29.1 Å². The molecule has 1 N–H and O–H groups in total. The summed E-state index contributed by atoms with van der Waals surface area (Å²) in [6.45, 7) is 11.0. The van der Waals surface area contributed by atoms with Crippen molar-refractivity contribution in [2.75, 3.05) is 13.2 Å². The Balaban J connectivity index is 2.27. The molecule has 0 aliphatic carbocycles. The van der Waals surface area contributed by atoms with Gasteiger partial charge in [0.2, 0.25) is 11.8 Å². The highest BCUT2D eigenvalue weighted by Gasteiger charge is 2.29. The van der Waals surface area contributed by atoms with Gasteiger partial charge in [-0.05, 0) is 75.4 Å². The van der Waals surface area contributed by atoms with Crippen LogP contribution >= 0.6 is 23.2 Å². The minimum Gasteiger partial charge on any atom is -0.490 e. The van der Waals surface area contributed by atoms with Gasteiger partial charge in [-0.2, -0.15) is 0 Å². The van der Waals surface area contributed by atoms with Gasteiger partial charge >= 0.3 is 0 Å². The zero-order valence-corrected chi connectivity index (χ0v) is 23.4. The lowest BCUT2D eigenvalue weighted by Crippen LogP contribution is -2.50. The van der Waals surface area contributed by atoms with Crippen molar-refractivity contribution in [3.05, 3.63) is 57.6 Å². The molecule has 0 aliphatic rings. The molecule has 0 heterocycles. The van der Waals surface area contributed by atoms with Crippen molar-refractivity contribution in [3.63, 3.8) is 0 Å². The molecule has 2 atom stereocenters. The summed E-state index contributed by atoms with van der Waals surface area (Å²) in [7, 11) is 0. The number of hydrogen-bond acceptors (Lipinski definition) is 4. The molecule has 2 rings (SSSR count). The van der Waals surface area contributed by atoms with E-state index in [0.29, 0.717) is 47.6 Å². The van der Waals surface area contributed by atoms with Crippen LogP contribution in [0.4, 0.5) is 0 Å². The molecule has 8 heteroatoms. The molecular weight excluding hydrogens is 499 g/mol. The molecule has 2 aromatic rings. The third-order valence-corrected chi connectivity index (χ3v) is 6.57. The van der Waals surface area contributed by atoms with Crippen LogP contribution in [-0.2, 0) is 22.6 Å². The summed E-state index contributed by atoms with van der Waals surface area (Å²) in [5.74, 6) is 1.05. The molecule has 0 fully saturated rings. The van der Waals surface area contributed by atoms with Crippen LogP contribution in [0, 0.1) is 0 Å². The molecular formula is C28H38Cl2N2O4. The number of hydrogen-bond donors (Lipinski definition) is 1. The summed E-state index contributed by atoms with van der Waals surface area (Å²) in [6.07, 6.45) is 2.02. The first-order chi connectivity index (χ1) is 17.2. The van der Waals surface area contributed by atoms with Crippen LogP contribution in [0.15, 0.2) is 36.4 Å². The number of halogens is 2. The Morgan fingerprint density at radius 1 is 0.944 bits per heavy atom. The van der Waals surface area contributed by atoms with Gasteiger partial charge in [0.1, 0.15) is 6.04 Å². The maximum atomic E-state index is 13.6. The molecule has 6 nitrogen and oxygen atoms in total. The Hall–Kier alpha value is -2.44. The van der Waals surface area contributed by atoms with Gasteiger partial charge in [-0.3, -0.25) is 9.59 Å².